The van der Waals surface area contributed by atoms with E-state index in [0.717, 1.165) is 11.1 Å². The second-order valence-corrected chi connectivity index (χ2v) is 4.81. The number of hydrogen-bond donors (Lipinski definition) is 1. The number of carbonyl (C=O) groups excluding carboxylic acids is 1. The van der Waals surface area contributed by atoms with Gasteiger partial charge < -0.3 is 5.32 Å². The van der Waals surface area contributed by atoms with Crippen LogP contribution in [0.4, 0.5) is 10.1 Å². The first kappa shape index (κ1) is 13.6. The number of anilines is 1. The molecule has 0 heterocycles. The van der Waals surface area contributed by atoms with Crippen molar-refractivity contribution in [1.29, 1.82) is 0 Å². The minimum Gasteiger partial charge on any atom is -0.320 e. The lowest BCUT2D eigenvalue weighted by Crippen LogP contribution is -2.13. The molecule has 0 unspecified atom stereocenters. The smallest absolute Gasteiger partial charge is 0.255 e. The van der Waals surface area contributed by atoms with Crippen LogP contribution in [-0.2, 0) is 0 Å². The Labute approximate surface area is 116 Å². The molecular weight excluding hydrogens is 265 g/mol. The number of rotatable bonds is 2. The number of nitrogens with one attached hydrogen (secondary N) is 1. The Kier molecular flexibility index (Phi) is 3.86. The minimum absolute atomic E-state index is 0.260. The van der Waals surface area contributed by atoms with Gasteiger partial charge in [-0.15, -0.1) is 0 Å². The van der Waals surface area contributed by atoms with Crippen molar-refractivity contribution in [2.24, 2.45) is 0 Å². The maximum absolute atomic E-state index is 13.1. The summed E-state index contributed by atoms with van der Waals surface area (Å²) in [6.07, 6.45) is 0. The van der Waals surface area contributed by atoms with Gasteiger partial charge in [-0.05, 0) is 49.2 Å². The zero-order chi connectivity index (χ0) is 14.0. The van der Waals surface area contributed by atoms with Crippen LogP contribution in [-0.4, -0.2) is 5.91 Å². The largest absolute Gasteiger partial charge is 0.320 e. The van der Waals surface area contributed by atoms with Crippen LogP contribution in [0.2, 0.25) is 5.02 Å². The predicted octanol–water partition coefficient (Wildman–Crippen LogP) is 4.35. The molecule has 2 rings (SSSR count). The van der Waals surface area contributed by atoms with Crippen molar-refractivity contribution >= 4 is 23.2 Å². The van der Waals surface area contributed by atoms with Gasteiger partial charge in [0, 0.05) is 5.56 Å². The van der Waals surface area contributed by atoms with E-state index in [2.05, 4.69) is 5.32 Å². The Morgan fingerprint density at radius 1 is 1.21 bits per heavy atom. The summed E-state index contributed by atoms with van der Waals surface area (Å²) in [4.78, 5) is 12.0. The first-order valence-electron chi connectivity index (χ1n) is 5.81. The van der Waals surface area contributed by atoms with Gasteiger partial charge in [0.05, 0.1) is 10.7 Å². The molecule has 1 N–H and O–H groups in total. The van der Waals surface area contributed by atoms with E-state index in [0.29, 0.717) is 10.7 Å². The summed E-state index contributed by atoms with van der Waals surface area (Å²) < 4.78 is 13.1. The summed E-state index contributed by atoms with van der Waals surface area (Å²) >= 11 is 6.11. The third-order valence-electron chi connectivity index (χ3n) is 2.76. The zero-order valence-corrected chi connectivity index (χ0v) is 11.4. The topological polar surface area (TPSA) is 29.1 Å². The monoisotopic (exact) mass is 277 g/mol. The van der Waals surface area contributed by atoms with Crippen molar-refractivity contribution in [3.63, 3.8) is 0 Å². The van der Waals surface area contributed by atoms with E-state index in [9.17, 15) is 9.18 Å². The predicted molar refractivity (Wildman–Crippen MR) is 75.3 cm³/mol. The van der Waals surface area contributed by atoms with Crippen LogP contribution in [0.3, 0.4) is 0 Å². The highest BCUT2D eigenvalue weighted by Gasteiger charge is 2.11. The molecule has 0 aromatic heterocycles. The van der Waals surface area contributed by atoms with Gasteiger partial charge in [-0.2, -0.15) is 0 Å². The summed E-state index contributed by atoms with van der Waals surface area (Å²) in [6, 6.07) is 9.22. The number of amides is 1. The molecule has 2 aromatic rings. The molecule has 0 fully saturated rings. The summed E-state index contributed by atoms with van der Waals surface area (Å²) in [5, 5.41) is 3.19. The normalized spacial score (nSPS) is 10.3. The molecule has 4 heteroatoms. The van der Waals surface area contributed by atoms with Gasteiger partial charge in [0.15, 0.2) is 0 Å². The summed E-state index contributed by atoms with van der Waals surface area (Å²) in [7, 11) is 0. The number of benzene rings is 2. The zero-order valence-electron chi connectivity index (χ0n) is 10.6. The van der Waals surface area contributed by atoms with Gasteiger partial charge in [-0.1, -0.05) is 23.7 Å². The quantitative estimate of drug-likeness (QED) is 0.869. The molecule has 0 radical (unpaired) electrons. The Morgan fingerprint density at radius 3 is 2.58 bits per heavy atom. The molecule has 1 amide bonds. The Hall–Kier alpha value is -1.87. The molecule has 0 aliphatic carbocycles. The van der Waals surface area contributed by atoms with E-state index in [1.807, 2.05) is 19.9 Å². The molecule has 0 aliphatic heterocycles. The van der Waals surface area contributed by atoms with Gasteiger partial charge >= 0.3 is 0 Å². The summed E-state index contributed by atoms with van der Waals surface area (Å²) in [5.41, 5.74) is 2.71. The first-order valence-corrected chi connectivity index (χ1v) is 6.19. The van der Waals surface area contributed by atoms with Crippen molar-refractivity contribution in [1.82, 2.24) is 0 Å². The number of hydrogen-bond acceptors (Lipinski definition) is 1. The highest BCUT2D eigenvalue weighted by Crippen LogP contribution is 2.27. The lowest BCUT2D eigenvalue weighted by molar-refractivity contribution is 0.102. The van der Waals surface area contributed by atoms with Crippen molar-refractivity contribution in [2.45, 2.75) is 13.8 Å². The van der Waals surface area contributed by atoms with E-state index in [1.54, 1.807) is 12.1 Å². The van der Waals surface area contributed by atoms with Crippen LogP contribution in [0, 0.1) is 19.7 Å². The van der Waals surface area contributed by atoms with Crippen LogP contribution in [0.1, 0.15) is 21.5 Å². The van der Waals surface area contributed by atoms with E-state index >= 15 is 0 Å². The van der Waals surface area contributed by atoms with Gasteiger partial charge in [0.1, 0.15) is 5.82 Å². The lowest BCUT2D eigenvalue weighted by Gasteiger charge is -2.11. The van der Waals surface area contributed by atoms with Crippen LogP contribution >= 0.6 is 11.6 Å². The highest BCUT2D eigenvalue weighted by molar-refractivity contribution is 6.34. The maximum atomic E-state index is 13.1. The van der Waals surface area contributed by atoms with Crippen LogP contribution in [0.25, 0.3) is 0 Å². The molecule has 0 bridgehead atoms. The summed E-state index contributed by atoms with van der Waals surface area (Å²) in [6.45, 7) is 3.79. The highest BCUT2D eigenvalue weighted by atomic mass is 35.5. The molecule has 0 aliphatic rings. The fraction of sp³-hybridized carbons (Fsp3) is 0.133. The molecule has 19 heavy (non-hydrogen) atoms. The fourth-order valence-corrected chi connectivity index (χ4v) is 2.26. The second-order valence-electron chi connectivity index (χ2n) is 4.40. The van der Waals surface area contributed by atoms with E-state index in [1.165, 1.54) is 18.2 Å². The Morgan fingerprint density at radius 2 is 1.95 bits per heavy atom. The van der Waals surface area contributed by atoms with E-state index in [4.69, 9.17) is 11.6 Å². The Balaban J connectivity index is 2.29. The van der Waals surface area contributed by atoms with Crippen molar-refractivity contribution in [3.05, 3.63) is 63.9 Å². The Bertz CT molecular complexity index is 617. The van der Waals surface area contributed by atoms with E-state index < -0.39 is 5.82 Å². The van der Waals surface area contributed by atoms with Crippen molar-refractivity contribution in [3.8, 4) is 0 Å². The number of carbonyl (C=O) groups is 1. The average molecular weight is 278 g/mol. The molecule has 0 atom stereocenters. The molecule has 0 saturated carbocycles. The summed E-state index contributed by atoms with van der Waals surface area (Å²) in [5.74, 6) is -0.826. The van der Waals surface area contributed by atoms with Crippen molar-refractivity contribution < 1.29 is 9.18 Å². The molecule has 98 valence electrons. The molecule has 2 nitrogen and oxygen atoms in total. The molecule has 2 aromatic carbocycles. The number of halogens is 2. The third-order valence-corrected chi connectivity index (χ3v) is 3.06. The first-order chi connectivity index (χ1) is 8.97. The standard InChI is InChI=1S/C15H13ClFNO/c1-9-6-10(2)14(13(16)7-9)18-15(19)11-4-3-5-12(17)8-11/h3-8H,1-2H3,(H,18,19). The number of aryl methyl sites for hydroxylation is 2. The van der Waals surface area contributed by atoms with Gasteiger partial charge in [-0.25, -0.2) is 4.39 Å². The lowest BCUT2D eigenvalue weighted by atomic mass is 10.1. The van der Waals surface area contributed by atoms with E-state index in [-0.39, 0.29) is 11.5 Å². The fourth-order valence-electron chi connectivity index (χ4n) is 1.89. The van der Waals surface area contributed by atoms with Gasteiger partial charge in [0.2, 0.25) is 0 Å². The second kappa shape index (κ2) is 5.41. The van der Waals surface area contributed by atoms with Gasteiger partial charge in [-0.3, -0.25) is 4.79 Å². The average Bonchev–Trinajstić information content (AvgIpc) is 2.33. The van der Waals surface area contributed by atoms with Crippen molar-refractivity contribution in [2.75, 3.05) is 5.32 Å². The maximum Gasteiger partial charge on any atom is 0.255 e. The molecule has 0 spiro atoms. The molecular formula is C15H13ClFNO. The molecule has 0 saturated heterocycles. The van der Waals surface area contributed by atoms with Crippen LogP contribution in [0.15, 0.2) is 36.4 Å². The van der Waals surface area contributed by atoms with Gasteiger partial charge in [0.25, 0.3) is 5.91 Å². The minimum atomic E-state index is -0.445. The SMILES string of the molecule is Cc1cc(C)c(NC(=O)c2cccc(F)c2)c(Cl)c1. The van der Waals surface area contributed by atoms with Crippen LogP contribution < -0.4 is 5.32 Å². The van der Waals surface area contributed by atoms with Crippen LogP contribution in [0.5, 0.6) is 0 Å². The third kappa shape index (κ3) is 3.12.